The van der Waals surface area contributed by atoms with Crippen LogP contribution in [0.3, 0.4) is 0 Å². The average Bonchev–Trinajstić information content (AvgIpc) is 3.34. The fourth-order valence-corrected chi connectivity index (χ4v) is 9.16. The Morgan fingerprint density at radius 1 is 0.902 bits per heavy atom. The van der Waals surface area contributed by atoms with Crippen LogP contribution in [-0.4, -0.2) is 49.1 Å². The SMILES string of the molecule is O=C(O)[C@H]1CC[C@H](C(=O)N2CCC3(S(=O)(=O)c4ccc(F)cc4)c4ccc(C(F)(F)C(F)(F)F)cc4CCC23)CC1. The number of likely N-dealkylation sites (tertiary alicyclic amines) is 1. The summed E-state index contributed by atoms with van der Waals surface area (Å²) in [4.78, 5) is 26.2. The van der Waals surface area contributed by atoms with Crippen LogP contribution in [0, 0.1) is 17.7 Å². The Morgan fingerprint density at radius 2 is 1.51 bits per heavy atom. The number of carboxylic acids is 1. The molecule has 2 atom stereocenters. The highest BCUT2D eigenvalue weighted by Crippen LogP contribution is 2.54. The Hall–Kier alpha value is -3.09. The lowest BCUT2D eigenvalue weighted by Gasteiger charge is -2.43. The molecular weight excluding hydrogens is 576 g/mol. The van der Waals surface area contributed by atoms with E-state index in [-0.39, 0.29) is 47.7 Å². The molecule has 222 valence electrons. The zero-order valence-electron chi connectivity index (χ0n) is 21.6. The van der Waals surface area contributed by atoms with Crippen molar-refractivity contribution in [2.75, 3.05) is 6.54 Å². The van der Waals surface area contributed by atoms with Crippen molar-refractivity contribution in [3.63, 3.8) is 0 Å². The molecule has 1 saturated heterocycles. The van der Waals surface area contributed by atoms with Gasteiger partial charge in [-0.1, -0.05) is 12.1 Å². The molecule has 2 fully saturated rings. The summed E-state index contributed by atoms with van der Waals surface area (Å²) < 4.78 is 108. The fraction of sp³-hybridized carbons (Fsp3) is 0.500. The minimum absolute atomic E-state index is 0.00925. The van der Waals surface area contributed by atoms with Gasteiger partial charge in [0.1, 0.15) is 10.6 Å². The Morgan fingerprint density at radius 3 is 2.10 bits per heavy atom. The highest BCUT2D eigenvalue weighted by molar-refractivity contribution is 7.92. The van der Waals surface area contributed by atoms with Crippen LogP contribution >= 0.6 is 0 Å². The van der Waals surface area contributed by atoms with E-state index in [9.17, 15) is 49.5 Å². The van der Waals surface area contributed by atoms with Gasteiger partial charge in [0.2, 0.25) is 5.91 Å². The maximum Gasteiger partial charge on any atom is 0.458 e. The first-order valence-corrected chi connectivity index (χ1v) is 14.7. The number of halogens is 6. The van der Waals surface area contributed by atoms with Gasteiger partial charge in [0.25, 0.3) is 0 Å². The van der Waals surface area contributed by atoms with Crippen LogP contribution < -0.4 is 0 Å². The van der Waals surface area contributed by atoms with Crippen LogP contribution in [0.15, 0.2) is 47.4 Å². The van der Waals surface area contributed by atoms with Gasteiger partial charge >= 0.3 is 18.1 Å². The Bertz CT molecular complexity index is 1470. The molecule has 0 radical (unpaired) electrons. The van der Waals surface area contributed by atoms with E-state index in [4.69, 9.17) is 0 Å². The molecule has 1 aliphatic heterocycles. The van der Waals surface area contributed by atoms with Gasteiger partial charge < -0.3 is 10.0 Å². The minimum Gasteiger partial charge on any atom is -0.481 e. The van der Waals surface area contributed by atoms with Crippen molar-refractivity contribution < 1.29 is 49.5 Å². The second-order valence-electron chi connectivity index (χ2n) is 11.0. The van der Waals surface area contributed by atoms with Gasteiger partial charge in [-0.3, -0.25) is 9.59 Å². The largest absolute Gasteiger partial charge is 0.481 e. The molecule has 3 aliphatic rings. The molecule has 5 rings (SSSR count). The predicted molar refractivity (Wildman–Crippen MR) is 133 cm³/mol. The van der Waals surface area contributed by atoms with Crippen molar-refractivity contribution in [1.29, 1.82) is 0 Å². The van der Waals surface area contributed by atoms with Gasteiger partial charge in [0, 0.05) is 18.0 Å². The van der Waals surface area contributed by atoms with Crippen LogP contribution in [0.25, 0.3) is 0 Å². The number of benzene rings is 2. The maximum atomic E-state index is 14.3. The Labute approximate surface area is 232 Å². The van der Waals surface area contributed by atoms with Gasteiger partial charge in [0.05, 0.1) is 16.9 Å². The number of fused-ring (bicyclic) bond motifs is 3. The summed E-state index contributed by atoms with van der Waals surface area (Å²) in [5, 5.41) is 9.29. The molecule has 0 bridgehead atoms. The molecule has 0 aromatic heterocycles. The van der Waals surface area contributed by atoms with Crippen molar-refractivity contribution in [1.82, 2.24) is 4.90 Å². The van der Waals surface area contributed by atoms with E-state index in [0.29, 0.717) is 37.8 Å². The van der Waals surface area contributed by atoms with Gasteiger partial charge in [-0.25, -0.2) is 12.8 Å². The Kier molecular flexibility index (Phi) is 7.19. The number of hydrogen-bond donors (Lipinski definition) is 1. The number of sulfone groups is 1. The lowest BCUT2D eigenvalue weighted by molar-refractivity contribution is -0.289. The first-order chi connectivity index (χ1) is 19.1. The smallest absolute Gasteiger partial charge is 0.458 e. The number of carbonyl (C=O) groups is 2. The van der Waals surface area contributed by atoms with Crippen LogP contribution in [0.5, 0.6) is 0 Å². The zero-order valence-corrected chi connectivity index (χ0v) is 22.5. The van der Waals surface area contributed by atoms with Crippen molar-refractivity contribution in [2.24, 2.45) is 11.8 Å². The predicted octanol–water partition coefficient (Wildman–Crippen LogP) is 5.59. The molecule has 2 aliphatic carbocycles. The quantitative estimate of drug-likeness (QED) is 0.356. The van der Waals surface area contributed by atoms with Gasteiger partial charge in [-0.05, 0) is 86.4 Å². The minimum atomic E-state index is -5.85. The highest BCUT2D eigenvalue weighted by atomic mass is 32.2. The number of carbonyl (C=O) groups excluding carboxylic acids is 1. The molecule has 2 aromatic rings. The van der Waals surface area contributed by atoms with Crippen LogP contribution in [-0.2, 0) is 36.5 Å². The van der Waals surface area contributed by atoms with Gasteiger partial charge in [-0.2, -0.15) is 22.0 Å². The summed E-state index contributed by atoms with van der Waals surface area (Å²) >= 11 is 0. The van der Waals surface area contributed by atoms with E-state index in [1.807, 2.05) is 0 Å². The second-order valence-corrected chi connectivity index (χ2v) is 13.2. The molecule has 6 nitrogen and oxygen atoms in total. The van der Waals surface area contributed by atoms with Crippen molar-refractivity contribution in [3.8, 4) is 0 Å². The average molecular weight is 604 g/mol. The number of amides is 1. The number of hydrogen-bond acceptors (Lipinski definition) is 4. The lowest BCUT2D eigenvalue weighted by atomic mass is 9.77. The monoisotopic (exact) mass is 603 g/mol. The maximum absolute atomic E-state index is 14.3. The molecule has 2 aromatic carbocycles. The molecule has 1 N–H and O–H groups in total. The number of carboxylic acid groups (broad SMARTS) is 1. The van der Waals surface area contributed by atoms with Crippen LogP contribution in [0.2, 0.25) is 0 Å². The molecule has 1 saturated carbocycles. The topological polar surface area (TPSA) is 91.8 Å². The molecule has 0 spiro atoms. The lowest BCUT2D eigenvalue weighted by Crippen LogP contribution is -2.53. The summed E-state index contributed by atoms with van der Waals surface area (Å²) in [6.07, 6.45) is -4.85. The Balaban J connectivity index is 1.59. The van der Waals surface area contributed by atoms with E-state index < -0.39 is 61.9 Å². The van der Waals surface area contributed by atoms with Crippen molar-refractivity contribution in [3.05, 3.63) is 65.0 Å². The standard InChI is InChI=1S/C28H27F6NO5S/c29-20-7-9-21(10-8-20)41(39,40)26-13-14-35(24(36)16-1-3-17(4-2-16)25(37)38)23(26)12-5-18-15-19(6-11-22(18)26)27(30,31)28(32,33)34/h6-11,15-17,23H,1-5,12-14H2,(H,37,38)/t16-,17-,23?,26?. The highest BCUT2D eigenvalue weighted by Gasteiger charge is 2.63. The second kappa shape index (κ2) is 10.0. The summed E-state index contributed by atoms with van der Waals surface area (Å²) in [5.41, 5.74) is -1.24. The number of rotatable bonds is 5. The summed E-state index contributed by atoms with van der Waals surface area (Å²) in [7, 11) is -4.43. The number of aryl methyl sites for hydroxylation is 1. The zero-order chi connectivity index (χ0) is 30.0. The molecular formula is C28H27F6NO5S. The van der Waals surface area contributed by atoms with Crippen LogP contribution in [0.4, 0.5) is 26.3 Å². The number of alkyl halides is 5. The third-order valence-corrected chi connectivity index (χ3v) is 11.5. The van der Waals surface area contributed by atoms with Gasteiger partial charge in [0.15, 0.2) is 9.84 Å². The fourth-order valence-electron chi connectivity index (χ4n) is 6.80. The molecule has 1 heterocycles. The number of aliphatic carboxylic acids is 1. The van der Waals surface area contributed by atoms with E-state index in [2.05, 4.69) is 0 Å². The summed E-state index contributed by atoms with van der Waals surface area (Å²) in [6.45, 7) is -0.0112. The van der Waals surface area contributed by atoms with Crippen molar-refractivity contribution >= 4 is 21.7 Å². The number of nitrogens with zero attached hydrogens (tertiary/aromatic N) is 1. The molecule has 13 heteroatoms. The van der Waals surface area contributed by atoms with Gasteiger partial charge in [-0.15, -0.1) is 0 Å². The normalized spacial score (nSPS) is 26.8. The molecule has 41 heavy (non-hydrogen) atoms. The first-order valence-electron chi connectivity index (χ1n) is 13.2. The third-order valence-electron chi connectivity index (χ3n) is 8.92. The van der Waals surface area contributed by atoms with Crippen LogP contribution in [0.1, 0.15) is 55.2 Å². The van der Waals surface area contributed by atoms with E-state index in [1.54, 1.807) is 0 Å². The first kappa shape index (κ1) is 29.4. The molecule has 2 unspecified atom stereocenters. The summed E-state index contributed by atoms with van der Waals surface area (Å²) in [5.74, 6) is -8.22. The third kappa shape index (κ3) is 4.60. The van der Waals surface area contributed by atoms with E-state index in [1.165, 1.54) is 4.90 Å². The van der Waals surface area contributed by atoms with Crippen molar-refractivity contribution in [2.45, 2.75) is 72.7 Å². The molecule has 1 amide bonds. The summed E-state index contributed by atoms with van der Waals surface area (Å²) in [6, 6.07) is 5.34. The van der Waals surface area contributed by atoms with E-state index >= 15 is 0 Å². The van der Waals surface area contributed by atoms with E-state index in [0.717, 1.165) is 30.3 Å².